The highest BCUT2D eigenvalue weighted by Gasteiger charge is 2.39. The van der Waals surface area contributed by atoms with E-state index in [2.05, 4.69) is 20.8 Å². The monoisotopic (exact) mass is 252 g/mol. The van der Waals surface area contributed by atoms with Gasteiger partial charge in [0.1, 0.15) is 6.04 Å². The van der Waals surface area contributed by atoms with Crippen LogP contribution in [-0.2, 0) is 9.59 Å². The van der Waals surface area contributed by atoms with Crippen molar-refractivity contribution in [1.29, 1.82) is 0 Å². The first-order chi connectivity index (χ1) is 8.38. The Bertz CT molecular complexity index is 346. The number of carbonyl (C=O) groups is 2. The molecule has 2 heterocycles. The highest BCUT2D eigenvalue weighted by atomic mass is 16.2. The number of hydrogen-bond acceptors (Lipinski definition) is 2. The Labute approximate surface area is 109 Å². The SMILES string of the molecule is CC(C)(C)CCN1CCC(=O)N2CCCC2C1=O. The van der Waals surface area contributed by atoms with Gasteiger partial charge in [0.2, 0.25) is 11.8 Å². The molecule has 102 valence electrons. The third-order valence-electron chi connectivity index (χ3n) is 3.90. The van der Waals surface area contributed by atoms with E-state index in [4.69, 9.17) is 0 Å². The van der Waals surface area contributed by atoms with Gasteiger partial charge >= 0.3 is 0 Å². The van der Waals surface area contributed by atoms with Gasteiger partial charge in [-0.2, -0.15) is 0 Å². The molecular formula is C14H24N2O2. The van der Waals surface area contributed by atoms with Crippen LogP contribution in [0.4, 0.5) is 0 Å². The molecule has 0 aliphatic carbocycles. The number of nitrogens with zero attached hydrogens (tertiary/aromatic N) is 2. The largest absolute Gasteiger partial charge is 0.340 e. The number of carbonyl (C=O) groups excluding carboxylic acids is 2. The number of fused-ring (bicyclic) bond motifs is 1. The lowest BCUT2D eigenvalue weighted by molar-refractivity contribution is -0.139. The molecule has 2 aliphatic heterocycles. The van der Waals surface area contributed by atoms with Crippen molar-refractivity contribution in [3.8, 4) is 0 Å². The second kappa shape index (κ2) is 4.90. The molecule has 0 saturated carbocycles. The van der Waals surface area contributed by atoms with Gasteiger partial charge in [-0.15, -0.1) is 0 Å². The molecule has 0 aromatic rings. The average Bonchev–Trinajstić information content (AvgIpc) is 2.71. The van der Waals surface area contributed by atoms with Crippen LogP contribution in [0.2, 0.25) is 0 Å². The quantitative estimate of drug-likeness (QED) is 0.749. The smallest absolute Gasteiger partial charge is 0.245 e. The minimum Gasteiger partial charge on any atom is -0.340 e. The summed E-state index contributed by atoms with van der Waals surface area (Å²) in [6.45, 7) is 8.69. The molecule has 0 aromatic heterocycles. The van der Waals surface area contributed by atoms with E-state index >= 15 is 0 Å². The molecular weight excluding hydrogens is 228 g/mol. The van der Waals surface area contributed by atoms with E-state index < -0.39 is 0 Å². The van der Waals surface area contributed by atoms with Gasteiger partial charge in [0.15, 0.2) is 0 Å². The van der Waals surface area contributed by atoms with E-state index in [9.17, 15) is 9.59 Å². The van der Waals surface area contributed by atoms with Crippen LogP contribution in [0.5, 0.6) is 0 Å². The molecule has 0 N–H and O–H groups in total. The Hall–Kier alpha value is -1.06. The first-order valence-corrected chi connectivity index (χ1v) is 6.97. The molecule has 0 radical (unpaired) electrons. The molecule has 2 amide bonds. The maximum Gasteiger partial charge on any atom is 0.245 e. The van der Waals surface area contributed by atoms with E-state index in [-0.39, 0.29) is 23.3 Å². The maximum atomic E-state index is 12.4. The fraction of sp³-hybridized carbons (Fsp3) is 0.857. The first kappa shape index (κ1) is 13.4. The van der Waals surface area contributed by atoms with E-state index in [1.54, 1.807) is 4.90 Å². The molecule has 2 rings (SSSR count). The van der Waals surface area contributed by atoms with Crippen LogP contribution in [0.1, 0.15) is 46.5 Å². The Morgan fingerprint density at radius 1 is 1.22 bits per heavy atom. The summed E-state index contributed by atoms with van der Waals surface area (Å²) >= 11 is 0. The van der Waals surface area contributed by atoms with Crippen LogP contribution in [0.15, 0.2) is 0 Å². The highest BCUT2D eigenvalue weighted by molar-refractivity contribution is 5.90. The van der Waals surface area contributed by atoms with Crippen molar-refractivity contribution in [3.63, 3.8) is 0 Å². The lowest BCUT2D eigenvalue weighted by Crippen LogP contribution is -2.44. The zero-order chi connectivity index (χ0) is 13.3. The van der Waals surface area contributed by atoms with Crippen molar-refractivity contribution in [2.75, 3.05) is 19.6 Å². The normalized spacial score (nSPS) is 25.4. The molecule has 0 bridgehead atoms. The third-order valence-corrected chi connectivity index (χ3v) is 3.90. The highest BCUT2D eigenvalue weighted by Crippen LogP contribution is 2.25. The van der Waals surface area contributed by atoms with Gasteiger partial charge in [-0.25, -0.2) is 0 Å². The summed E-state index contributed by atoms with van der Waals surface area (Å²) in [6, 6.07) is -0.167. The number of amides is 2. The van der Waals surface area contributed by atoms with Crippen molar-refractivity contribution in [2.24, 2.45) is 5.41 Å². The van der Waals surface area contributed by atoms with E-state index in [0.717, 1.165) is 32.4 Å². The lowest BCUT2D eigenvalue weighted by atomic mass is 9.92. The van der Waals surface area contributed by atoms with Crippen LogP contribution in [0.3, 0.4) is 0 Å². The van der Waals surface area contributed by atoms with Gasteiger partial charge in [0, 0.05) is 26.1 Å². The zero-order valence-corrected chi connectivity index (χ0v) is 11.7. The fourth-order valence-corrected chi connectivity index (χ4v) is 2.71. The standard InChI is InChI=1S/C14H24N2O2/c1-14(2,3)7-10-15-9-6-12(17)16-8-4-5-11(16)13(15)18/h11H,4-10H2,1-3H3. The second-order valence-corrected chi connectivity index (χ2v) is 6.63. The van der Waals surface area contributed by atoms with Crippen LogP contribution in [0, 0.1) is 5.41 Å². The Morgan fingerprint density at radius 3 is 2.61 bits per heavy atom. The zero-order valence-electron chi connectivity index (χ0n) is 11.7. The Kier molecular flexibility index (Phi) is 3.64. The predicted octanol–water partition coefficient (Wildman–Crippen LogP) is 1.65. The van der Waals surface area contributed by atoms with Crippen LogP contribution < -0.4 is 0 Å². The maximum absolute atomic E-state index is 12.4. The lowest BCUT2D eigenvalue weighted by Gasteiger charge is -2.28. The minimum absolute atomic E-state index is 0.157. The van der Waals surface area contributed by atoms with Gasteiger partial charge in [0.25, 0.3) is 0 Å². The molecule has 0 spiro atoms. The predicted molar refractivity (Wildman–Crippen MR) is 70.0 cm³/mol. The van der Waals surface area contributed by atoms with Gasteiger partial charge < -0.3 is 9.80 Å². The second-order valence-electron chi connectivity index (χ2n) is 6.63. The van der Waals surface area contributed by atoms with Gasteiger partial charge in [-0.05, 0) is 24.7 Å². The van der Waals surface area contributed by atoms with Crippen molar-refractivity contribution < 1.29 is 9.59 Å². The molecule has 1 atom stereocenters. The minimum atomic E-state index is -0.167. The summed E-state index contributed by atoms with van der Waals surface area (Å²) in [7, 11) is 0. The van der Waals surface area contributed by atoms with Crippen molar-refractivity contribution in [1.82, 2.24) is 9.80 Å². The molecule has 0 aromatic carbocycles. The van der Waals surface area contributed by atoms with Gasteiger partial charge in [0.05, 0.1) is 0 Å². The Morgan fingerprint density at radius 2 is 1.94 bits per heavy atom. The number of rotatable bonds is 2. The first-order valence-electron chi connectivity index (χ1n) is 6.97. The average molecular weight is 252 g/mol. The molecule has 4 heteroatoms. The molecule has 18 heavy (non-hydrogen) atoms. The van der Waals surface area contributed by atoms with Crippen LogP contribution in [0.25, 0.3) is 0 Å². The summed E-state index contributed by atoms with van der Waals surface area (Å²) in [5.41, 5.74) is 0.228. The van der Waals surface area contributed by atoms with Crippen molar-refractivity contribution in [3.05, 3.63) is 0 Å². The molecule has 2 saturated heterocycles. The molecule has 2 fully saturated rings. The van der Waals surface area contributed by atoms with E-state index in [1.807, 2.05) is 4.90 Å². The summed E-state index contributed by atoms with van der Waals surface area (Å²) in [6.07, 6.45) is 3.29. The summed E-state index contributed by atoms with van der Waals surface area (Å²) in [4.78, 5) is 28.0. The summed E-state index contributed by atoms with van der Waals surface area (Å²) < 4.78 is 0. The van der Waals surface area contributed by atoms with Crippen molar-refractivity contribution in [2.45, 2.75) is 52.5 Å². The van der Waals surface area contributed by atoms with Crippen LogP contribution >= 0.6 is 0 Å². The van der Waals surface area contributed by atoms with Crippen molar-refractivity contribution >= 4 is 11.8 Å². The third kappa shape index (κ3) is 2.85. The molecule has 2 aliphatic rings. The summed E-state index contributed by atoms with van der Waals surface area (Å²) in [5, 5.41) is 0. The molecule has 4 nitrogen and oxygen atoms in total. The van der Waals surface area contributed by atoms with Crippen LogP contribution in [-0.4, -0.2) is 47.3 Å². The fourth-order valence-electron chi connectivity index (χ4n) is 2.71. The Balaban J connectivity index is 2.03. The van der Waals surface area contributed by atoms with E-state index in [0.29, 0.717) is 13.0 Å². The number of hydrogen-bond donors (Lipinski definition) is 0. The summed E-state index contributed by atoms with van der Waals surface area (Å²) in [5.74, 6) is 0.326. The molecule has 1 unspecified atom stereocenters. The van der Waals surface area contributed by atoms with Gasteiger partial charge in [-0.1, -0.05) is 20.8 Å². The van der Waals surface area contributed by atoms with Gasteiger partial charge in [-0.3, -0.25) is 9.59 Å². The topological polar surface area (TPSA) is 40.6 Å². The van der Waals surface area contributed by atoms with E-state index in [1.165, 1.54) is 0 Å².